The largest absolute Gasteiger partial charge is 0.264 e. The van der Waals surface area contributed by atoms with Crippen LogP contribution in [0.3, 0.4) is 0 Å². The summed E-state index contributed by atoms with van der Waals surface area (Å²) in [6.07, 6.45) is 1.82. The summed E-state index contributed by atoms with van der Waals surface area (Å²) >= 11 is 3.37. The Morgan fingerprint density at radius 2 is 2.11 bits per heavy atom. The van der Waals surface area contributed by atoms with E-state index >= 15 is 0 Å². The second-order valence-corrected chi connectivity index (χ2v) is 6.55. The highest BCUT2D eigenvalue weighted by molar-refractivity contribution is 7.18. The molecule has 0 amide bonds. The van der Waals surface area contributed by atoms with Crippen molar-refractivity contribution in [3.05, 3.63) is 34.3 Å². The van der Waals surface area contributed by atoms with Crippen LogP contribution in [0.2, 0.25) is 0 Å². The molecule has 94 valence electrons. The van der Waals surface area contributed by atoms with E-state index < -0.39 is 0 Å². The molecule has 4 aromatic heterocycles. The third-order valence-electron chi connectivity index (χ3n) is 3.32. The second kappa shape index (κ2) is 3.85. The molecule has 0 aliphatic rings. The lowest BCUT2D eigenvalue weighted by Crippen LogP contribution is -1.90. The Kier molecular flexibility index (Phi) is 2.24. The molecule has 0 aromatic carbocycles. The Hall–Kier alpha value is -1.79. The van der Waals surface area contributed by atoms with Crippen molar-refractivity contribution < 1.29 is 0 Å². The summed E-state index contributed by atoms with van der Waals surface area (Å²) in [6.45, 7) is 4.24. The van der Waals surface area contributed by atoms with Gasteiger partial charge in [0.1, 0.15) is 11.2 Å². The smallest absolute Gasteiger partial charge is 0.179 e. The van der Waals surface area contributed by atoms with Crippen LogP contribution in [0.5, 0.6) is 0 Å². The van der Waals surface area contributed by atoms with Crippen LogP contribution in [0.15, 0.2) is 23.8 Å². The van der Waals surface area contributed by atoms with E-state index in [1.54, 1.807) is 22.7 Å². The van der Waals surface area contributed by atoms with Gasteiger partial charge in [0.15, 0.2) is 11.5 Å². The van der Waals surface area contributed by atoms with E-state index in [0.717, 1.165) is 26.6 Å². The molecular weight excluding hydrogens is 276 g/mol. The molecule has 0 bridgehead atoms. The van der Waals surface area contributed by atoms with E-state index in [1.165, 1.54) is 10.4 Å². The first-order chi connectivity index (χ1) is 9.25. The fraction of sp³-hybridized carbons (Fsp3) is 0.154. The van der Waals surface area contributed by atoms with E-state index in [9.17, 15) is 0 Å². The third kappa shape index (κ3) is 1.47. The average Bonchev–Trinajstić information content (AvgIpc) is 3.09. The maximum Gasteiger partial charge on any atom is 0.179 e. The van der Waals surface area contributed by atoms with Crippen molar-refractivity contribution in [1.29, 1.82) is 0 Å². The van der Waals surface area contributed by atoms with Crippen molar-refractivity contribution >= 4 is 38.5 Å². The quantitative estimate of drug-likeness (QED) is 0.536. The molecule has 0 atom stereocenters. The molecule has 0 radical (unpaired) electrons. The molecule has 4 nitrogen and oxygen atoms in total. The molecule has 0 fully saturated rings. The minimum Gasteiger partial charge on any atom is -0.264 e. The molecule has 0 saturated carbocycles. The SMILES string of the molecule is Cc1sc2ncn3c(-c4cccs4)nnc3c2c1C. The summed E-state index contributed by atoms with van der Waals surface area (Å²) < 4.78 is 1.98. The molecule has 0 N–H and O–H groups in total. The highest BCUT2D eigenvalue weighted by atomic mass is 32.1. The maximum atomic E-state index is 4.54. The van der Waals surface area contributed by atoms with E-state index in [0.29, 0.717) is 0 Å². The lowest BCUT2D eigenvalue weighted by molar-refractivity contribution is 1.10. The zero-order valence-electron chi connectivity index (χ0n) is 10.4. The first-order valence-corrected chi connectivity index (χ1v) is 7.58. The number of aromatic nitrogens is 4. The molecule has 0 spiro atoms. The van der Waals surface area contributed by atoms with Crippen molar-refractivity contribution in [2.75, 3.05) is 0 Å². The predicted octanol–water partition coefficient (Wildman–Crippen LogP) is 3.68. The summed E-state index contributed by atoms with van der Waals surface area (Å²) in [5.74, 6) is 0.864. The van der Waals surface area contributed by atoms with E-state index in [4.69, 9.17) is 0 Å². The van der Waals surface area contributed by atoms with Crippen molar-refractivity contribution in [1.82, 2.24) is 19.6 Å². The highest BCUT2D eigenvalue weighted by Crippen LogP contribution is 2.32. The third-order valence-corrected chi connectivity index (χ3v) is 5.30. The maximum absolute atomic E-state index is 4.54. The predicted molar refractivity (Wildman–Crippen MR) is 79.0 cm³/mol. The molecule has 0 unspecified atom stereocenters. The van der Waals surface area contributed by atoms with Crippen LogP contribution < -0.4 is 0 Å². The molecule has 4 rings (SSSR count). The molecule has 0 aliphatic carbocycles. The lowest BCUT2D eigenvalue weighted by atomic mass is 10.2. The van der Waals surface area contributed by atoms with Gasteiger partial charge in [0, 0.05) is 4.88 Å². The number of fused-ring (bicyclic) bond motifs is 3. The first-order valence-electron chi connectivity index (χ1n) is 5.89. The first kappa shape index (κ1) is 11.1. The fourth-order valence-electron chi connectivity index (χ4n) is 2.22. The highest BCUT2D eigenvalue weighted by Gasteiger charge is 2.15. The monoisotopic (exact) mass is 286 g/mol. The number of rotatable bonds is 1. The molecule has 19 heavy (non-hydrogen) atoms. The van der Waals surface area contributed by atoms with E-state index in [1.807, 2.05) is 22.2 Å². The lowest BCUT2D eigenvalue weighted by Gasteiger charge is -1.98. The normalized spacial score (nSPS) is 11.7. The Balaban J connectivity index is 2.14. The van der Waals surface area contributed by atoms with Crippen molar-refractivity contribution in [2.45, 2.75) is 13.8 Å². The number of hydrogen-bond acceptors (Lipinski definition) is 5. The summed E-state index contributed by atoms with van der Waals surface area (Å²) in [7, 11) is 0. The Bertz CT molecular complexity index is 886. The molecule has 0 aliphatic heterocycles. The minimum absolute atomic E-state index is 0.864. The van der Waals surface area contributed by atoms with Crippen molar-refractivity contribution in [3.8, 4) is 10.7 Å². The number of thiophene rings is 2. The van der Waals surface area contributed by atoms with Gasteiger partial charge in [-0.05, 0) is 30.9 Å². The number of hydrogen-bond donors (Lipinski definition) is 0. The van der Waals surface area contributed by atoms with Gasteiger partial charge >= 0.3 is 0 Å². The molecule has 4 heterocycles. The van der Waals surface area contributed by atoms with Crippen LogP contribution in [-0.4, -0.2) is 19.6 Å². The Morgan fingerprint density at radius 1 is 1.21 bits per heavy atom. The van der Waals surface area contributed by atoms with Gasteiger partial charge in [0.2, 0.25) is 0 Å². The minimum atomic E-state index is 0.864. The summed E-state index contributed by atoms with van der Waals surface area (Å²) in [5, 5.41) is 11.9. The molecule has 6 heteroatoms. The van der Waals surface area contributed by atoms with Gasteiger partial charge in [0.05, 0.1) is 10.3 Å². The molecule has 4 aromatic rings. The van der Waals surface area contributed by atoms with E-state index in [-0.39, 0.29) is 0 Å². The zero-order valence-corrected chi connectivity index (χ0v) is 12.0. The van der Waals surface area contributed by atoms with Gasteiger partial charge in [0.25, 0.3) is 0 Å². The standard InChI is InChI=1S/C13H10N4S2/c1-7-8(2)19-13-10(7)12-16-15-11(17(12)6-14-13)9-4-3-5-18-9/h3-6H,1-2H3. The fourth-order valence-corrected chi connectivity index (χ4v) is 3.92. The summed E-state index contributed by atoms with van der Waals surface area (Å²) in [4.78, 5) is 7.97. The van der Waals surface area contributed by atoms with Crippen LogP contribution in [-0.2, 0) is 0 Å². The topological polar surface area (TPSA) is 43.1 Å². The van der Waals surface area contributed by atoms with Crippen molar-refractivity contribution in [2.24, 2.45) is 0 Å². The van der Waals surface area contributed by atoms with Gasteiger partial charge in [-0.2, -0.15) is 0 Å². The van der Waals surface area contributed by atoms with Crippen LogP contribution in [0.1, 0.15) is 10.4 Å². The molecular formula is C13H10N4S2. The molecule has 0 saturated heterocycles. The number of nitrogens with zero attached hydrogens (tertiary/aromatic N) is 4. The Labute approximate surface area is 117 Å². The van der Waals surface area contributed by atoms with Gasteiger partial charge in [-0.25, -0.2) is 4.98 Å². The summed E-state index contributed by atoms with van der Waals surface area (Å²) in [6, 6.07) is 4.07. The van der Waals surface area contributed by atoms with E-state index in [2.05, 4.69) is 35.1 Å². The average molecular weight is 286 g/mol. The van der Waals surface area contributed by atoms with Gasteiger partial charge < -0.3 is 0 Å². The van der Waals surface area contributed by atoms with Crippen LogP contribution in [0, 0.1) is 13.8 Å². The number of aryl methyl sites for hydroxylation is 2. The second-order valence-electron chi connectivity index (χ2n) is 4.40. The zero-order chi connectivity index (χ0) is 13.0. The van der Waals surface area contributed by atoms with Crippen LogP contribution in [0.4, 0.5) is 0 Å². The van der Waals surface area contributed by atoms with Gasteiger partial charge in [-0.3, -0.25) is 4.40 Å². The van der Waals surface area contributed by atoms with Gasteiger partial charge in [-0.1, -0.05) is 6.07 Å². The van der Waals surface area contributed by atoms with Crippen molar-refractivity contribution in [3.63, 3.8) is 0 Å². The van der Waals surface area contributed by atoms with Gasteiger partial charge in [-0.15, -0.1) is 32.9 Å². The van der Waals surface area contributed by atoms with Crippen LogP contribution >= 0.6 is 22.7 Å². The Morgan fingerprint density at radius 3 is 2.89 bits per heavy atom. The summed E-state index contributed by atoms with van der Waals surface area (Å²) in [5.41, 5.74) is 2.15. The van der Waals surface area contributed by atoms with Crippen LogP contribution in [0.25, 0.3) is 26.6 Å².